The molecule has 0 bridgehead atoms. The highest BCUT2D eigenvalue weighted by Crippen LogP contribution is 2.40. The summed E-state index contributed by atoms with van der Waals surface area (Å²) in [4.78, 5) is 21.0. The Balaban J connectivity index is 1.49. The van der Waals surface area contributed by atoms with Crippen molar-refractivity contribution in [2.45, 2.75) is 26.2 Å². The number of rotatable bonds is 4. The van der Waals surface area contributed by atoms with Gasteiger partial charge in [-0.3, -0.25) is 15.1 Å². The molecule has 0 saturated carbocycles. The second-order valence-electron chi connectivity index (χ2n) is 7.31. The smallest absolute Gasteiger partial charge is 0.257 e. The number of nitrogens with zero attached hydrogens (tertiary/aromatic N) is 2. The van der Waals surface area contributed by atoms with Gasteiger partial charge in [0.05, 0.1) is 5.69 Å². The van der Waals surface area contributed by atoms with Crippen LogP contribution in [0.15, 0.2) is 77.5 Å². The molecule has 3 atom stereocenters. The summed E-state index contributed by atoms with van der Waals surface area (Å²) >= 11 is 1.47. The van der Waals surface area contributed by atoms with Crippen molar-refractivity contribution in [3.63, 3.8) is 0 Å². The number of pyridine rings is 1. The van der Waals surface area contributed by atoms with E-state index in [4.69, 9.17) is 4.98 Å². The highest BCUT2D eigenvalue weighted by molar-refractivity contribution is 7.14. The molecule has 0 aromatic carbocycles. The Labute approximate surface area is 169 Å². The molecule has 28 heavy (non-hydrogen) atoms. The van der Waals surface area contributed by atoms with Crippen LogP contribution in [-0.4, -0.2) is 15.9 Å². The van der Waals surface area contributed by atoms with Crippen molar-refractivity contribution in [3.8, 4) is 0 Å². The zero-order chi connectivity index (χ0) is 19.5. The van der Waals surface area contributed by atoms with E-state index in [1.54, 1.807) is 24.5 Å². The lowest BCUT2D eigenvalue weighted by Gasteiger charge is -2.29. The quantitative estimate of drug-likeness (QED) is 0.748. The van der Waals surface area contributed by atoms with E-state index in [0.717, 1.165) is 12.1 Å². The monoisotopic (exact) mass is 389 g/mol. The van der Waals surface area contributed by atoms with Gasteiger partial charge in [-0.15, -0.1) is 11.3 Å². The van der Waals surface area contributed by atoms with Crippen LogP contribution in [0.25, 0.3) is 0 Å². The minimum absolute atomic E-state index is 0.161. The predicted octanol–water partition coefficient (Wildman–Crippen LogP) is 5.53. The standard InChI is InChI=1S/C23H23N3OS/c1-15-12-19(17-6-4-3-5-7-17)13-16(2)21(15)20-14-28-23(25-20)26-22(27)18-8-10-24-11-9-18/h3-6,8-15,17,21H,7H2,1-2H3,(H,25,26,27). The zero-order valence-corrected chi connectivity index (χ0v) is 16.8. The molecule has 2 aliphatic rings. The second-order valence-corrected chi connectivity index (χ2v) is 8.17. The lowest BCUT2D eigenvalue weighted by Crippen LogP contribution is -2.17. The highest BCUT2D eigenvalue weighted by Gasteiger charge is 2.27. The molecule has 0 fully saturated rings. The molecule has 2 heterocycles. The van der Waals surface area contributed by atoms with Crippen LogP contribution in [0, 0.1) is 11.8 Å². The second kappa shape index (κ2) is 8.07. The number of hydrogen-bond acceptors (Lipinski definition) is 4. The average molecular weight is 390 g/mol. The number of thiazole rings is 1. The molecule has 0 saturated heterocycles. The first-order chi connectivity index (χ1) is 13.6. The van der Waals surface area contributed by atoms with Gasteiger partial charge in [-0.05, 0) is 37.0 Å². The van der Waals surface area contributed by atoms with Gasteiger partial charge in [0.15, 0.2) is 5.13 Å². The first-order valence-electron chi connectivity index (χ1n) is 9.52. The van der Waals surface area contributed by atoms with Crippen LogP contribution >= 0.6 is 11.3 Å². The first kappa shape index (κ1) is 18.6. The number of carbonyl (C=O) groups excluding carboxylic acids is 1. The van der Waals surface area contributed by atoms with Crippen LogP contribution in [0.2, 0.25) is 0 Å². The van der Waals surface area contributed by atoms with Crippen molar-refractivity contribution < 1.29 is 4.79 Å². The molecule has 2 aliphatic carbocycles. The van der Waals surface area contributed by atoms with Crippen LogP contribution in [0.3, 0.4) is 0 Å². The molecule has 0 aliphatic heterocycles. The van der Waals surface area contributed by atoms with E-state index in [0.29, 0.717) is 22.5 Å². The van der Waals surface area contributed by atoms with Crippen LogP contribution in [-0.2, 0) is 0 Å². The summed E-state index contributed by atoms with van der Waals surface area (Å²) in [6.07, 6.45) is 17.7. The number of amides is 1. The maximum absolute atomic E-state index is 12.3. The zero-order valence-electron chi connectivity index (χ0n) is 16.0. The fourth-order valence-electron chi connectivity index (χ4n) is 3.94. The third-order valence-corrected chi connectivity index (χ3v) is 6.05. The van der Waals surface area contributed by atoms with Gasteiger partial charge in [-0.2, -0.15) is 0 Å². The van der Waals surface area contributed by atoms with Crippen LogP contribution in [0.5, 0.6) is 0 Å². The molecule has 4 rings (SSSR count). The number of aromatic nitrogens is 2. The number of carbonyl (C=O) groups is 1. The summed E-state index contributed by atoms with van der Waals surface area (Å²) < 4.78 is 0. The van der Waals surface area contributed by atoms with Gasteiger partial charge in [-0.25, -0.2) is 4.98 Å². The lowest BCUT2D eigenvalue weighted by atomic mass is 9.76. The summed E-state index contributed by atoms with van der Waals surface area (Å²) in [5, 5.41) is 5.59. The van der Waals surface area contributed by atoms with Crippen molar-refractivity contribution in [3.05, 3.63) is 88.8 Å². The maximum atomic E-state index is 12.3. The van der Waals surface area contributed by atoms with Gasteiger partial charge in [0.25, 0.3) is 5.91 Å². The Morgan fingerprint density at radius 1 is 1.25 bits per heavy atom. The van der Waals surface area contributed by atoms with Crippen molar-refractivity contribution in [1.29, 1.82) is 0 Å². The topological polar surface area (TPSA) is 54.9 Å². The van der Waals surface area contributed by atoms with Crippen molar-refractivity contribution in [2.24, 2.45) is 11.8 Å². The molecule has 2 aromatic rings. The highest BCUT2D eigenvalue weighted by atomic mass is 32.1. The average Bonchev–Trinajstić information content (AvgIpc) is 3.16. The molecule has 5 heteroatoms. The Bertz CT molecular complexity index is 984. The van der Waals surface area contributed by atoms with Gasteiger partial charge in [0, 0.05) is 35.2 Å². The molecule has 3 unspecified atom stereocenters. The SMILES string of the molecule is CC1=CC(C2C=CC=CC2)=CC(C)C1c1csc(NC(=O)c2ccncc2)n1. The third kappa shape index (κ3) is 3.90. The molecular formula is C23H23N3OS. The third-order valence-electron chi connectivity index (χ3n) is 5.28. The molecule has 1 amide bonds. The van der Waals surface area contributed by atoms with Gasteiger partial charge in [0.2, 0.25) is 0 Å². The summed E-state index contributed by atoms with van der Waals surface area (Å²) in [5.41, 5.74) is 4.32. The summed E-state index contributed by atoms with van der Waals surface area (Å²) in [6, 6.07) is 3.39. The van der Waals surface area contributed by atoms with Gasteiger partial charge in [-0.1, -0.05) is 49.0 Å². The number of hydrogen-bond donors (Lipinski definition) is 1. The minimum atomic E-state index is -0.161. The molecule has 0 spiro atoms. The maximum Gasteiger partial charge on any atom is 0.257 e. The predicted molar refractivity (Wildman–Crippen MR) is 114 cm³/mol. The van der Waals surface area contributed by atoms with Gasteiger partial charge in [0.1, 0.15) is 0 Å². The molecule has 2 aromatic heterocycles. The van der Waals surface area contributed by atoms with Crippen LogP contribution < -0.4 is 5.32 Å². The largest absolute Gasteiger partial charge is 0.298 e. The summed E-state index contributed by atoms with van der Waals surface area (Å²) in [6.45, 7) is 4.43. The molecule has 4 nitrogen and oxygen atoms in total. The Morgan fingerprint density at radius 3 is 2.79 bits per heavy atom. The Hall–Kier alpha value is -2.79. The summed E-state index contributed by atoms with van der Waals surface area (Å²) in [7, 11) is 0. The van der Waals surface area contributed by atoms with E-state index in [1.165, 1.54) is 22.5 Å². The number of allylic oxidation sites excluding steroid dienone is 8. The van der Waals surface area contributed by atoms with E-state index in [-0.39, 0.29) is 11.8 Å². The van der Waals surface area contributed by atoms with Crippen LogP contribution in [0.4, 0.5) is 5.13 Å². The minimum Gasteiger partial charge on any atom is -0.298 e. The normalized spacial score (nSPS) is 23.9. The Kier molecular flexibility index (Phi) is 5.35. The van der Waals surface area contributed by atoms with Gasteiger partial charge >= 0.3 is 0 Å². The van der Waals surface area contributed by atoms with E-state index >= 15 is 0 Å². The van der Waals surface area contributed by atoms with Crippen molar-refractivity contribution >= 4 is 22.4 Å². The van der Waals surface area contributed by atoms with Crippen molar-refractivity contribution in [1.82, 2.24) is 9.97 Å². The van der Waals surface area contributed by atoms with Crippen molar-refractivity contribution in [2.75, 3.05) is 5.32 Å². The molecule has 1 N–H and O–H groups in total. The molecule has 142 valence electrons. The van der Waals surface area contributed by atoms with E-state index in [9.17, 15) is 4.79 Å². The molecular weight excluding hydrogens is 366 g/mol. The fourth-order valence-corrected chi connectivity index (χ4v) is 4.68. The first-order valence-corrected chi connectivity index (χ1v) is 10.4. The summed E-state index contributed by atoms with van der Waals surface area (Å²) in [5.74, 6) is 0.917. The molecule has 0 radical (unpaired) electrons. The van der Waals surface area contributed by atoms with E-state index in [2.05, 4.69) is 66.0 Å². The van der Waals surface area contributed by atoms with E-state index < -0.39 is 0 Å². The fraction of sp³-hybridized carbons (Fsp3) is 0.261. The Morgan fingerprint density at radius 2 is 2.07 bits per heavy atom. The lowest BCUT2D eigenvalue weighted by molar-refractivity contribution is 0.102. The number of anilines is 1. The van der Waals surface area contributed by atoms with Gasteiger partial charge < -0.3 is 0 Å². The van der Waals surface area contributed by atoms with Crippen LogP contribution in [0.1, 0.15) is 42.2 Å². The number of nitrogens with one attached hydrogen (secondary N) is 1. The van der Waals surface area contributed by atoms with E-state index in [1.807, 2.05) is 0 Å².